The molecule has 3 saturated heterocycles. The van der Waals surface area contributed by atoms with Gasteiger partial charge in [0.2, 0.25) is 27.4 Å². The van der Waals surface area contributed by atoms with Crippen LogP contribution >= 0.6 is 0 Å². The number of hydrogen-bond acceptors (Lipinski definition) is 10. The van der Waals surface area contributed by atoms with E-state index in [4.69, 9.17) is 9.47 Å². The first-order valence-corrected chi connectivity index (χ1v) is 11.5. The SMILES string of the molecule is CC(=O)OC1C2NS(=O)(=O)C3C2OC1C3C(=O)Oc1c(F)c(F)c(S(=O)(=O)[O-])c(F)c1F. The molecule has 6 atom stereocenters. The number of nitrogens with one attached hydrogen (secondary N) is 1. The molecule has 32 heavy (non-hydrogen) atoms. The lowest BCUT2D eigenvalue weighted by Crippen LogP contribution is -2.51. The molecule has 0 radical (unpaired) electrons. The van der Waals surface area contributed by atoms with Gasteiger partial charge in [-0.15, -0.1) is 0 Å². The van der Waals surface area contributed by atoms with Gasteiger partial charge in [0, 0.05) is 6.92 Å². The highest BCUT2D eigenvalue weighted by Gasteiger charge is 2.72. The summed E-state index contributed by atoms with van der Waals surface area (Å²) in [5.41, 5.74) is 0. The first-order valence-electron chi connectivity index (χ1n) is 8.54. The zero-order valence-corrected chi connectivity index (χ0v) is 17.0. The van der Waals surface area contributed by atoms with E-state index in [2.05, 4.69) is 9.46 Å². The number of hydrogen-bond donors (Lipinski definition) is 1. The Morgan fingerprint density at radius 3 is 2.12 bits per heavy atom. The second kappa shape index (κ2) is 7.08. The Labute approximate surface area is 176 Å². The number of carbonyl (C=O) groups excluding carboxylic acids is 2. The lowest BCUT2D eigenvalue weighted by molar-refractivity contribution is -0.155. The first-order chi connectivity index (χ1) is 14.7. The highest BCUT2D eigenvalue weighted by Crippen LogP contribution is 2.49. The van der Waals surface area contributed by atoms with Gasteiger partial charge in [-0.2, -0.15) is 8.78 Å². The maximum absolute atomic E-state index is 14.2. The quantitative estimate of drug-likeness (QED) is 0.178. The lowest BCUT2D eigenvalue weighted by atomic mass is 9.84. The molecule has 0 spiro atoms. The molecule has 3 fully saturated rings. The number of halogens is 4. The van der Waals surface area contributed by atoms with E-state index < -0.39 is 102 Å². The summed E-state index contributed by atoms with van der Waals surface area (Å²) in [6.07, 6.45) is -3.97. The molecule has 0 aromatic heterocycles. The van der Waals surface area contributed by atoms with E-state index in [0.717, 1.165) is 6.92 Å². The van der Waals surface area contributed by atoms with Crippen LogP contribution in [0.2, 0.25) is 0 Å². The van der Waals surface area contributed by atoms with Crippen LogP contribution in [-0.2, 0) is 39.2 Å². The summed E-state index contributed by atoms with van der Waals surface area (Å²) in [5, 5.41) is -1.64. The van der Waals surface area contributed by atoms with Crippen molar-refractivity contribution >= 4 is 32.1 Å². The van der Waals surface area contributed by atoms with Crippen LogP contribution in [0.4, 0.5) is 17.6 Å². The van der Waals surface area contributed by atoms with E-state index in [0.29, 0.717) is 0 Å². The summed E-state index contributed by atoms with van der Waals surface area (Å²) in [4.78, 5) is 21.5. The lowest BCUT2D eigenvalue weighted by Gasteiger charge is -2.27. The number of rotatable bonds is 4. The molecule has 17 heteroatoms. The Hall–Kier alpha value is -2.34. The number of carbonyl (C=O) groups is 2. The molecule has 11 nitrogen and oxygen atoms in total. The fourth-order valence-electron chi connectivity index (χ4n) is 4.14. The van der Waals surface area contributed by atoms with Gasteiger partial charge < -0.3 is 18.8 Å². The summed E-state index contributed by atoms with van der Waals surface area (Å²) >= 11 is 0. The van der Waals surface area contributed by atoms with E-state index in [9.17, 15) is 48.5 Å². The molecule has 0 aliphatic carbocycles. The molecule has 2 bridgehead atoms. The molecule has 1 aromatic rings. The minimum atomic E-state index is -5.99. The molecule has 176 valence electrons. The number of ether oxygens (including phenoxy) is 3. The monoisotopic (exact) mass is 504 g/mol. The van der Waals surface area contributed by atoms with Crippen molar-refractivity contribution in [2.24, 2.45) is 5.92 Å². The average molecular weight is 504 g/mol. The smallest absolute Gasteiger partial charge is 0.318 e. The van der Waals surface area contributed by atoms with Crippen LogP contribution in [0.15, 0.2) is 4.90 Å². The van der Waals surface area contributed by atoms with Gasteiger partial charge in [0.05, 0.1) is 12.1 Å². The fraction of sp³-hybridized carbons (Fsp3) is 0.467. The van der Waals surface area contributed by atoms with Gasteiger partial charge in [-0.1, -0.05) is 0 Å². The number of esters is 2. The zero-order valence-electron chi connectivity index (χ0n) is 15.4. The van der Waals surface area contributed by atoms with E-state index in [1.807, 2.05) is 0 Å². The van der Waals surface area contributed by atoms with Crippen molar-refractivity contribution in [2.45, 2.75) is 41.4 Å². The summed E-state index contributed by atoms with van der Waals surface area (Å²) in [7, 11) is -10.3. The highest BCUT2D eigenvalue weighted by atomic mass is 32.2. The van der Waals surface area contributed by atoms with Crippen molar-refractivity contribution in [3.05, 3.63) is 23.3 Å². The van der Waals surface area contributed by atoms with Crippen molar-refractivity contribution in [1.82, 2.24) is 4.72 Å². The van der Waals surface area contributed by atoms with Crippen LogP contribution in [-0.4, -0.2) is 62.9 Å². The molecule has 3 heterocycles. The Kier molecular flexibility index (Phi) is 5.05. The molecule has 6 unspecified atom stereocenters. The van der Waals surface area contributed by atoms with E-state index in [1.54, 1.807) is 0 Å². The maximum Gasteiger partial charge on any atom is 0.318 e. The Bertz CT molecular complexity index is 1240. The van der Waals surface area contributed by atoms with Crippen LogP contribution in [0.1, 0.15) is 6.92 Å². The van der Waals surface area contributed by atoms with Crippen LogP contribution < -0.4 is 9.46 Å². The Morgan fingerprint density at radius 1 is 1.06 bits per heavy atom. The second-order valence-electron chi connectivity index (χ2n) is 7.11. The minimum Gasteiger partial charge on any atom is -0.744 e. The molecular weight excluding hydrogens is 494 g/mol. The Balaban J connectivity index is 1.73. The van der Waals surface area contributed by atoms with Crippen molar-refractivity contribution in [3.63, 3.8) is 0 Å². The Morgan fingerprint density at radius 2 is 1.62 bits per heavy atom. The highest BCUT2D eigenvalue weighted by molar-refractivity contribution is 7.90. The van der Waals surface area contributed by atoms with Crippen LogP contribution in [0.5, 0.6) is 5.75 Å². The van der Waals surface area contributed by atoms with Gasteiger partial charge in [0.1, 0.15) is 38.4 Å². The van der Waals surface area contributed by atoms with Crippen LogP contribution in [0.3, 0.4) is 0 Å². The third-order valence-electron chi connectivity index (χ3n) is 5.25. The largest absolute Gasteiger partial charge is 0.744 e. The third kappa shape index (κ3) is 3.18. The van der Waals surface area contributed by atoms with Gasteiger partial charge in [-0.25, -0.2) is 30.3 Å². The molecule has 3 aliphatic heterocycles. The van der Waals surface area contributed by atoms with Crippen molar-refractivity contribution in [3.8, 4) is 5.75 Å². The fourth-order valence-corrected chi connectivity index (χ4v) is 6.80. The van der Waals surface area contributed by atoms with Gasteiger partial charge in [-0.05, 0) is 0 Å². The van der Waals surface area contributed by atoms with Gasteiger partial charge in [-0.3, -0.25) is 9.59 Å². The zero-order chi connectivity index (χ0) is 23.9. The van der Waals surface area contributed by atoms with Gasteiger partial charge in [0.25, 0.3) is 0 Å². The molecular formula is C15H10F4NO10S2-. The number of benzene rings is 1. The maximum atomic E-state index is 14.2. The summed E-state index contributed by atoms with van der Waals surface area (Å²) in [5.74, 6) is -16.8. The predicted molar refractivity (Wildman–Crippen MR) is 87.2 cm³/mol. The minimum absolute atomic E-state index is 0.864. The first kappa shape index (κ1) is 22.8. The average Bonchev–Trinajstić information content (AvgIpc) is 3.24. The summed E-state index contributed by atoms with van der Waals surface area (Å²) in [6, 6.07) is -1.05. The van der Waals surface area contributed by atoms with Crippen molar-refractivity contribution in [1.29, 1.82) is 0 Å². The number of sulfonamides is 1. The third-order valence-corrected chi connectivity index (χ3v) is 7.98. The van der Waals surface area contributed by atoms with Gasteiger partial charge in [0.15, 0.2) is 11.6 Å². The molecule has 3 aliphatic rings. The second-order valence-corrected chi connectivity index (χ2v) is 10.3. The van der Waals surface area contributed by atoms with Gasteiger partial charge >= 0.3 is 11.9 Å². The van der Waals surface area contributed by atoms with Crippen molar-refractivity contribution in [2.75, 3.05) is 0 Å². The van der Waals surface area contributed by atoms with Crippen LogP contribution in [0.25, 0.3) is 0 Å². The number of fused-ring (bicyclic) bond motifs is 1. The predicted octanol–water partition coefficient (Wildman–Crippen LogP) is -0.948. The molecule has 4 rings (SSSR count). The summed E-state index contributed by atoms with van der Waals surface area (Å²) in [6.45, 7) is 0.988. The topological polar surface area (TPSA) is 165 Å². The molecule has 1 N–H and O–H groups in total. The normalized spacial score (nSPS) is 32.2. The van der Waals surface area contributed by atoms with E-state index in [1.165, 1.54) is 0 Å². The standard InChI is InChI=1S/C15H11F4NO10S2/c1-2(21)28-11-8-12-13(31(23,24)20-8)3(9(11)29-12)15(22)30-10-4(16)6(18)14(32(25,26)27)7(19)5(10)17/h3,8-9,11-13,20H,1H3,(H,25,26,27)/p-1. The van der Waals surface area contributed by atoms with E-state index >= 15 is 0 Å². The molecule has 0 amide bonds. The van der Waals surface area contributed by atoms with Crippen LogP contribution in [0, 0.1) is 29.2 Å². The van der Waals surface area contributed by atoms with E-state index in [-0.39, 0.29) is 0 Å². The van der Waals surface area contributed by atoms with Crippen molar-refractivity contribution < 1.29 is 62.7 Å². The summed E-state index contributed by atoms with van der Waals surface area (Å²) < 4.78 is 130. The molecule has 1 aromatic carbocycles. The molecule has 0 saturated carbocycles.